The second-order valence-corrected chi connectivity index (χ2v) is 3.83. The summed E-state index contributed by atoms with van der Waals surface area (Å²) in [6.07, 6.45) is 0.960. The van der Waals surface area contributed by atoms with Crippen molar-refractivity contribution in [3.8, 4) is 0 Å². The number of nitrogens with one attached hydrogen (secondary N) is 1. The number of benzene rings is 1. The maximum Gasteiger partial charge on any atom is 0.0465 e. The summed E-state index contributed by atoms with van der Waals surface area (Å²) < 4.78 is 0. The van der Waals surface area contributed by atoms with Gasteiger partial charge in [-0.15, -0.1) is 0 Å². The zero-order chi connectivity index (χ0) is 10.4. The molecule has 0 aliphatic heterocycles. The standard InChI is InChI=1S/C10H14Cl2N2/c11-9-3-1-4-10(12)8(9)7-14-6-2-5-13/h1,3-4,14H,2,5-7,13H2. The molecule has 0 saturated carbocycles. The number of hydrogen-bond donors (Lipinski definition) is 2. The molecule has 1 aromatic rings. The van der Waals surface area contributed by atoms with Crippen molar-refractivity contribution in [2.75, 3.05) is 13.1 Å². The number of rotatable bonds is 5. The van der Waals surface area contributed by atoms with Gasteiger partial charge in [-0.3, -0.25) is 0 Å². The Labute approximate surface area is 94.4 Å². The molecule has 2 nitrogen and oxygen atoms in total. The van der Waals surface area contributed by atoms with Crippen LogP contribution in [-0.4, -0.2) is 13.1 Å². The van der Waals surface area contributed by atoms with Gasteiger partial charge in [-0.2, -0.15) is 0 Å². The van der Waals surface area contributed by atoms with Gasteiger partial charge in [-0.25, -0.2) is 0 Å². The van der Waals surface area contributed by atoms with Gasteiger partial charge in [0, 0.05) is 22.2 Å². The molecular weight excluding hydrogens is 219 g/mol. The van der Waals surface area contributed by atoms with Crippen LogP contribution in [0.15, 0.2) is 18.2 Å². The van der Waals surface area contributed by atoms with Gasteiger partial charge in [0.2, 0.25) is 0 Å². The van der Waals surface area contributed by atoms with Crippen molar-refractivity contribution >= 4 is 23.2 Å². The van der Waals surface area contributed by atoms with E-state index in [1.165, 1.54) is 0 Å². The highest BCUT2D eigenvalue weighted by Gasteiger charge is 2.03. The van der Waals surface area contributed by atoms with E-state index in [9.17, 15) is 0 Å². The van der Waals surface area contributed by atoms with Gasteiger partial charge in [-0.1, -0.05) is 29.3 Å². The summed E-state index contributed by atoms with van der Waals surface area (Å²) in [5.41, 5.74) is 6.33. The molecule has 0 radical (unpaired) electrons. The molecule has 14 heavy (non-hydrogen) atoms. The van der Waals surface area contributed by atoms with E-state index in [0.29, 0.717) is 23.1 Å². The molecule has 78 valence electrons. The first-order valence-electron chi connectivity index (χ1n) is 4.59. The fourth-order valence-electron chi connectivity index (χ4n) is 1.14. The van der Waals surface area contributed by atoms with Crippen LogP contribution in [0.3, 0.4) is 0 Å². The van der Waals surface area contributed by atoms with Crippen LogP contribution in [0.1, 0.15) is 12.0 Å². The van der Waals surface area contributed by atoms with Crippen LogP contribution in [0.2, 0.25) is 10.0 Å². The molecule has 0 bridgehead atoms. The third-order valence-electron chi connectivity index (χ3n) is 1.92. The SMILES string of the molecule is NCCCNCc1c(Cl)cccc1Cl. The maximum atomic E-state index is 5.99. The van der Waals surface area contributed by atoms with Crippen LogP contribution in [0.25, 0.3) is 0 Å². The van der Waals surface area contributed by atoms with Gasteiger partial charge < -0.3 is 11.1 Å². The maximum absolute atomic E-state index is 5.99. The van der Waals surface area contributed by atoms with Crippen molar-refractivity contribution in [3.05, 3.63) is 33.8 Å². The highest BCUT2D eigenvalue weighted by molar-refractivity contribution is 6.35. The Morgan fingerprint density at radius 2 is 1.86 bits per heavy atom. The molecule has 0 atom stereocenters. The van der Waals surface area contributed by atoms with Crippen molar-refractivity contribution < 1.29 is 0 Å². The van der Waals surface area contributed by atoms with Gasteiger partial charge in [0.15, 0.2) is 0 Å². The minimum Gasteiger partial charge on any atom is -0.330 e. The highest BCUT2D eigenvalue weighted by Crippen LogP contribution is 2.23. The summed E-state index contributed by atoms with van der Waals surface area (Å²) in [6, 6.07) is 5.52. The summed E-state index contributed by atoms with van der Waals surface area (Å²) >= 11 is 12.0. The molecule has 1 aromatic carbocycles. The minimum absolute atomic E-state index is 0.693. The molecule has 0 heterocycles. The van der Waals surface area contributed by atoms with Crippen molar-refractivity contribution in [2.45, 2.75) is 13.0 Å². The number of nitrogens with two attached hydrogens (primary N) is 1. The fraction of sp³-hybridized carbons (Fsp3) is 0.400. The highest BCUT2D eigenvalue weighted by atomic mass is 35.5. The van der Waals surface area contributed by atoms with Crippen molar-refractivity contribution in [1.29, 1.82) is 0 Å². The van der Waals surface area contributed by atoms with E-state index < -0.39 is 0 Å². The van der Waals surface area contributed by atoms with Crippen LogP contribution in [0.4, 0.5) is 0 Å². The van der Waals surface area contributed by atoms with Crippen molar-refractivity contribution in [3.63, 3.8) is 0 Å². The summed E-state index contributed by atoms with van der Waals surface area (Å²) in [6.45, 7) is 2.28. The Morgan fingerprint density at radius 3 is 2.43 bits per heavy atom. The van der Waals surface area contributed by atoms with E-state index in [4.69, 9.17) is 28.9 Å². The largest absolute Gasteiger partial charge is 0.330 e. The molecule has 0 fully saturated rings. The Hall–Kier alpha value is -0.280. The van der Waals surface area contributed by atoms with Crippen LogP contribution in [-0.2, 0) is 6.54 Å². The van der Waals surface area contributed by atoms with Crippen LogP contribution in [0, 0.1) is 0 Å². The molecular formula is C10H14Cl2N2. The topological polar surface area (TPSA) is 38.0 Å². The monoisotopic (exact) mass is 232 g/mol. The lowest BCUT2D eigenvalue weighted by Crippen LogP contribution is -2.18. The Kier molecular flexibility index (Phi) is 5.26. The fourth-order valence-corrected chi connectivity index (χ4v) is 1.67. The second kappa shape index (κ2) is 6.25. The Balaban J connectivity index is 2.49. The van der Waals surface area contributed by atoms with E-state index in [1.54, 1.807) is 0 Å². The van der Waals surface area contributed by atoms with Gasteiger partial charge in [0.1, 0.15) is 0 Å². The second-order valence-electron chi connectivity index (χ2n) is 3.02. The average Bonchev–Trinajstić information content (AvgIpc) is 2.16. The molecule has 0 unspecified atom stereocenters. The predicted molar refractivity (Wildman–Crippen MR) is 61.8 cm³/mol. The third-order valence-corrected chi connectivity index (χ3v) is 2.63. The first kappa shape index (κ1) is 11.8. The zero-order valence-electron chi connectivity index (χ0n) is 7.89. The predicted octanol–water partition coefficient (Wildman–Crippen LogP) is 2.43. The summed E-state index contributed by atoms with van der Waals surface area (Å²) in [7, 11) is 0. The first-order valence-corrected chi connectivity index (χ1v) is 5.35. The smallest absolute Gasteiger partial charge is 0.0465 e. The van der Waals surface area contributed by atoms with Crippen molar-refractivity contribution in [1.82, 2.24) is 5.32 Å². The first-order chi connectivity index (χ1) is 6.75. The van der Waals surface area contributed by atoms with Gasteiger partial charge >= 0.3 is 0 Å². The van der Waals surface area contributed by atoms with E-state index in [1.807, 2.05) is 18.2 Å². The quantitative estimate of drug-likeness (QED) is 0.766. The zero-order valence-corrected chi connectivity index (χ0v) is 9.41. The average molecular weight is 233 g/mol. The van der Waals surface area contributed by atoms with E-state index >= 15 is 0 Å². The van der Waals surface area contributed by atoms with Crippen LogP contribution < -0.4 is 11.1 Å². The van der Waals surface area contributed by atoms with E-state index in [2.05, 4.69) is 5.32 Å². The molecule has 0 aliphatic rings. The normalized spacial score (nSPS) is 10.5. The Bertz CT molecular complexity index is 269. The Morgan fingerprint density at radius 1 is 1.21 bits per heavy atom. The summed E-state index contributed by atoms with van der Waals surface area (Å²) in [4.78, 5) is 0. The molecule has 0 saturated heterocycles. The molecule has 3 N–H and O–H groups in total. The summed E-state index contributed by atoms with van der Waals surface area (Å²) in [5, 5.41) is 4.65. The number of hydrogen-bond acceptors (Lipinski definition) is 2. The molecule has 0 spiro atoms. The molecule has 0 amide bonds. The lowest BCUT2D eigenvalue weighted by Gasteiger charge is -2.07. The van der Waals surface area contributed by atoms with Crippen LogP contribution in [0.5, 0.6) is 0 Å². The van der Waals surface area contributed by atoms with E-state index in [0.717, 1.165) is 18.5 Å². The van der Waals surface area contributed by atoms with Gasteiger partial charge in [0.25, 0.3) is 0 Å². The minimum atomic E-state index is 0.693. The third kappa shape index (κ3) is 3.46. The van der Waals surface area contributed by atoms with Gasteiger partial charge in [-0.05, 0) is 31.6 Å². The number of halogens is 2. The lowest BCUT2D eigenvalue weighted by molar-refractivity contribution is 0.655. The summed E-state index contributed by atoms with van der Waals surface area (Å²) in [5.74, 6) is 0. The van der Waals surface area contributed by atoms with E-state index in [-0.39, 0.29) is 0 Å². The molecule has 0 aliphatic carbocycles. The van der Waals surface area contributed by atoms with Crippen molar-refractivity contribution in [2.24, 2.45) is 5.73 Å². The molecule has 0 aromatic heterocycles. The lowest BCUT2D eigenvalue weighted by atomic mass is 10.2. The van der Waals surface area contributed by atoms with Gasteiger partial charge in [0.05, 0.1) is 0 Å². The molecule has 4 heteroatoms. The molecule has 1 rings (SSSR count). The van der Waals surface area contributed by atoms with Crippen LogP contribution >= 0.6 is 23.2 Å².